The van der Waals surface area contributed by atoms with Crippen LogP contribution in [-0.4, -0.2) is 32.7 Å². The smallest absolute Gasteiger partial charge is 0.246 e. The quantitative estimate of drug-likeness (QED) is 0.746. The van der Waals surface area contributed by atoms with Crippen LogP contribution in [0.4, 0.5) is 0 Å². The van der Waals surface area contributed by atoms with Crippen molar-refractivity contribution in [3.63, 3.8) is 0 Å². The predicted octanol–water partition coefficient (Wildman–Crippen LogP) is 1.84. The molecule has 1 amide bonds. The van der Waals surface area contributed by atoms with Gasteiger partial charge in [-0.2, -0.15) is 5.10 Å². The van der Waals surface area contributed by atoms with Crippen LogP contribution in [0.3, 0.4) is 0 Å². The lowest BCUT2D eigenvalue weighted by Gasteiger charge is -2.38. The first-order valence-electron chi connectivity index (χ1n) is 6.62. The van der Waals surface area contributed by atoms with Crippen LogP contribution < -0.4 is 0 Å². The van der Waals surface area contributed by atoms with Gasteiger partial charge in [-0.25, -0.2) is 0 Å². The molecule has 4 nitrogen and oxygen atoms in total. The summed E-state index contributed by atoms with van der Waals surface area (Å²) in [5.41, 5.74) is 1.32. The molecule has 96 valence electrons. The molecule has 1 aromatic heterocycles. The summed E-state index contributed by atoms with van der Waals surface area (Å²) in [6.45, 7) is 3.61. The van der Waals surface area contributed by atoms with Crippen LogP contribution in [0, 0.1) is 0 Å². The van der Waals surface area contributed by atoms with Gasteiger partial charge in [0, 0.05) is 25.3 Å². The van der Waals surface area contributed by atoms with E-state index in [1.165, 1.54) is 11.6 Å². The summed E-state index contributed by atoms with van der Waals surface area (Å²) in [7, 11) is 1.95. The number of hydrogen-bond acceptors (Lipinski definition) is 2. The van der Waals surface area contributed by atoms with Crippen LogP contribution in [0.1, 0.15) is 37.2 Å². The van der Waals surface area contributed by atoms with E-state index in [1.54, 1.807) is 0 Å². The number of carbonyl (C=O) groups is 1. The number of nitrogens with zero attached hydrogens (tertiary/aromatic N) is 3. The maximum Gasteiger partial charge on any atom is 0.246 e. The lowest BCUT2D eigenvalue weighted by Crippen LogP contribution is -2.45. The Labute approximate surface area is 107 Å². The number of piperidine rings is 1. The molecule has 4 heteroatoms. The molecule has 3 heterocycles. The van der Waals surface area contributed by atoms with E-state index in [2.05, 4.69) is 22.8 Å². The largest absolute Gasteiger partial charge is 0.333 e. The van der Waals surface area contributed by atoms with Gasteiger partial charge < -0.3 is 4.90 Å². The van der Waals surface area contributed by atoms with Crippen LogP contribution in [-0.2, 0) is 11.8 Å². The molecule has 2 atom stereocenters. The molecule has 2 aliphatic rings. The highest BCUT2D eigenvalue weighted by atomic mass is 16.2. The minimum Gasteiger partial charge on any atom is -0.333 e. The number of aromatic nitrogens is 2. The number of hydrogen-bond donors (Lipinski definition) is 0. The zero-order valence-corrected chi connectivity index (χ0v) is 10.7. The van der Waals surface area contributed by atoms with Gasteiger partial charge in [-0.1, -0.05) is 6.58 Å². The first kappa shape index (κ1) is 11.5. The third kappa shape index (κ3) is 1.76. The van der Waals surface area contributed by atoms with Gasteiger partial charge in [0.15, 0.2) is 0 Å². The van der Waals surface area contributed by atoms with Crippen molar-refractivity contribution >= 4 is 5.91 Å². The molecular weight excluding hydrogens is 226 g/mol. The second kappa shape index (κ2) is 4.26. The van der Waals surface area contributed by atoms with E-state index in [9.17, 15) is 4.79 Å². The fourth-order valence-electron chi connectivity index (χ4n) is 3.57. The van der Waals surface area contributed by atoms with Gasteiger partial charge in [-0.05, 0) is 43.2 Å². The third-order valence-electron chi connectivity index (χ3n) is 4.36. The Kier molecular flexibility index (Phi) is 2.73. The van der Waals surface area contributed by atoms with Gasteiger partial charge in [-0.15, -0.1) is 0 Å². The zero-order chi connectivity index (χ0) is 12.7. The maximum atomic E-state index is 11.9. The van der Waals surface area contributed by atoms with Gasteiger partial charge >= 0.3 is 0 Å². The average molecular weight is 245 g/mol. The van der Waals surface area contributed by atoms with Crippen LogP contribution in [0.25, 0.3) is 0 Å². The number of carbonyl (C=O) groups excluding carboxylic acids is 1. The summed E-state index contributed by atoms with van der Waals surface area (Å²) in [6, 6.07) is 0.805. The molecule has 0 aromatic carbocycles. The SMILES string of the molecule is C=CC(=O)N1C2CCC1CC(c1cnn(C)c1)C2. The second-order valence-corrected chi connectivity index (χ2v) is 5.45. The van der Waals surface area contributed by atoms with Gasteiger partial charge in [0.25, 0.3) is 0 Å². The minimum absolute atomic E-state index is 0.104. The number of aryl methyl sites for hydroxylation is 1. The van der Waals surface area contributed by atoms with Crippen LogP contribution >= 0.6 is 0 Å². The summed E-state index contributed by atoms with van der Waals surface area (Å²) in [5, 5.41) is 4.25. The highest BCUT2D eigenvalue weighted by Crippen LogP contribution is 2.42. The molecule has 2 bridgehead atoms. The molecule has 2 fully saturated rings. The summed E-state index contributed by atoms with van der Waals surface area (Å²) in [5.74, 6) is 0.664. The molecule has 0 N–H and O–H groups in total. The molecule has 0 radical (unpaired) electrons. The van der Waals surface area contributed by atoms with Crippen molar-refractivity contribution in [2.24, 2.45) is 7.05 Å². The normalized spacial score (nSPS) is 30.5. The lowest BCUT2D eigenvalue weighted by molar-refractivity contribution is -0.130. The van der Waals surface area contributed by atoms with E-state index in [4.69, 9.17) is 0 Å². The molecule has 0 saturated carbocycles. The number of rotatable bonds is 2. The molecule has 2 aliphatic heterocycles. The van der Waals surface area contributed by atoms with Crippen LogP contribution in [0.15, 0.2) is 25.0 Å². The molecule has 1 aromatic rings. The van der Waals surface area contributed by atoms with Crippen molar-refractivity contribution in [1.82, 2.24) is 14.7 Å². The van der Waals surface area contributed by atoms with Crippen molar-refractivity contribution in [1.29, 1.82) is 0 Å². The Morgan fingerprint density at radius 3 is 2.61 bits per heavy atom. The zero-order valence-electron chi connectivity index (χ0n) is 10.7. The topological polar surface area (TPSA) is 38.1 Å². The Hall–Kier alpha value is -1.58. The Balaban J connectivity index is 1.79. The van der Waals surface area contributed by atoms with Crippen LogP contribution in [0.5, 0.6) is 0 Å². The molecule has 3 rings (SSSR count). The van der Waals surface area contributed by atoms with E-state index in [0.29, 0.717) is 18.0 Å². The Bertz CT molecular complexity index is 465. The average Bonchev–Trinajstić information content (AvgIpc) is 2.90. The highest BCUT2D eigenvalue weighted by Gasteiger charge is 2.42. The van der Waals surface area contributed by atoms with E-state index < -0.39 is 0 Å². The van der Waals surface area contributed by atoms with Crippen molar-refractivity contribution < 1.29 is 4.79 Å². The van der Waals surface area contributed by atoms with Crippen molar-refractivity contribution in [3.8, 4) is 0 Å². The standard InChI is InChI=1S/C14H19N3O/c1-3-14(18)17-12-4-5-13(17)7-10(6-12)11-8-15-16(2)9-11/h3,8-10,12-13H,1,4-7H2,2H3. The van der Waals surface area contributed by atoms with Gasteiger partial charge in [0.05, 0.1) is 6.20 Å². The Morgan fingerprint density at radius 1 is 1.44 bits per heavy atom. The predicted molar refractivity (Wildman–Crippen MR) is 69.0 cm³/mol. The molecule has 2 saturated heterocycles. The maximum absolute atomic E-state index is 11.9. The summed E-state index contributed by atoms with van der Waals surface area (Å²) in [4.78, 5) is 13.9. The van der Waals surface area contributed by atoms with Crippen molar-refractivity contribution in [3.05, 3.63) is 30.6 Å². The molecule has 0 spiro atoms. The first-order valence-corrected chi connectivity index (χ1v) is 6.62. The number of amides is 1. The fourth-order valence-corrected chi connectivity index (χ4v) is 3.57. The van der Waals surface area contributed by atoms with Crippen molar-refractivity contribution in [2.75, 3.05) is 0 Å². The first-order chi connectivity index (χ1) is 8.69. The highest BCUT2D eigenvalue weighted by molar-refractivity contribution is 5.87. The summed E-state index contributed by atoms with van der Waals surface area (Å²) in [6.07, 6.45) is 9.95. The van der Waals surface area contributed by atoms with Gasteiger partial charge in [0.2, 0.25) is 5.91 Å². The molecule has 2 unspecified atom stereocenters. The monoisotopic (exact) mass is 245 g/mol. The van der Waals surface area contributed by atoms with Crippen LogP contribution in [0.2, 0.25) is 0 Å². The van der Waals surface area contributed by atoms with Gasteiger partial charge in [0.1, 0.15) is 0 Å². The minimum atomic E-state index is 0.104. The van der Waals surface area contributed by atoms with Gasteiger partial charge in [-0.3, -0.25) is 9.48 Å². The fraction of sp³-hybridized carbons (Fsp3) is 0.571. The number of fused-ring (bicyclic) bond motifs is 2. The van der Waals surface area contributed by atoms with Crippen molar-refractivity contribution in [2.45, 2.75) is 43.7 Å². The summed E-state index contributed by atoms with van der Waals surface area (Å²) < 4.78 is 1.86. The Morgan fingerprint density at radius 2 is 2.11 bits per heavy atom. The van der Waals surface area contributed by atoms with E-state index in [1.807, 2.05) is 17.9 Å². The second-order valence-electron chi connectivity index (χ2n) is 5.45. The van der Waals surface area contributed by atoms with E-state index >= 15 is 0 Å². The molecule has 18 heavy (non-hydrogen) atoms. The van der Waals surface area contributed by atoms with E-state index in [0.717, 1.165) is 25.7 Å². The lowest BCUT2D eigenvalue weighted by atomic mass is 9.86. The third-order valence-corrected chi connectivity index (χ3v) is 4.36. The molecule has 0 aliphatic carbocycles. The molecular formula is C14H19N3O. The van der Waals surface area contributed by atoms with E-state index in [-0.39, 0.29) is 5.91 Å². The summed E-state index contributed by atoms with van der Waals surface area (Å²) >= 11 is 0.